The highest BCUT2D eigenvalue weighted by Crippen LogP contribution is 2.31. The zero-order chi connectivity index (χ0) is 20.6. The van der Waals surface area contributed by atoms with E-state index >= 15 is 0 Å². The van der Waals surface area contributed by atoms with E-state index in [1.807, 2.05) is 54.6 Å². The standard InChI is InChI=1S/C24H20N4OS/c29-23(27-26-17-19-13-15-25-16-14-19)18-30-24-12-11-22(20-7-3-1-4-8-20)28(24)21-9-5-2-6-10-21/h1-17H,18H2,(H,27,29)/b26-17+. The Labute approximate surface area is 179 Å². The van der Waals surface area contributed by atoms with Crippen LogP contribution >= 0.6 is 11.8 Å². The van der Waals surface area contributed by atoms with Gasteiger partial charge in [-0.3, -0.25) is 9.78 Å². The molecule has 0 atom stereocenters. The first-order valence-electron chi connectivity index (χ1n) is 9.48. The van der Waals surface area contributed by atoms with E-state index in [1.54, 1.807) is 18.6 Å². The zero-order valence-electron chi connectivity index (χ0n) is 16.2. The molecule has 4 aromatic rings. The van der Waals surface area contributed by atoms with E-state index in [9.17, 15) is 4.79 Å². The number of carbonyl (C=O) groups excluding carboxylic acids is 1. The molecular weight excluding hydrogens is 392 g/mol. The number of pyridine rings is 1. The minimum atomic E-state index is -0.160. The number of aromatic nitrogens is 2. The lowest BCUT2D eigenvalue weighted by Gasteiger charge is -2.13. The summed E-state index contributed by atoms with van der Waals surface area (Å²) in [5.41, 5.74) is 6.72. The van der Waals surface area contributed by atoms with Crippen LogP contribution in [0.3, 0.4) is 0 Å². The summed E-state index contributed by atoms with van der Waals surface area (Å²) in [6.45, 7) is 0. The molecule has 5 nitrogen and oxygen atoms in total. The Morgan fingerprint density at radius 2 is 1.63 bits per heavy atom. The van der Waals surface area contributed by atoms with Crippen molar-refractivity contribution in [3.63, 3.8) is 0 Å². The Morgan fingerprint density at radius 3 is 2.37 bits per heavy atom. The Hall–Kier alpha value is -3.64. The molecule has 0 radical (unpaired) electrons. The van der Waals surface area contributed by atoms with Crippen LogP contribution in [0.5, 0.6) is 0 Å². The van der Waals surface area contributed by atoms with Crippen molar-refractivity contribution < 1.29 is 4.79 Å². The van der Waals surface area contributed by atoms with Gasteiger partial charge in [-0.2, -0.15) is 5.10 Å². The number of rotatable bonds is 7. The third-order valence-electron chi connectivity index (χ3n) is 4.39. The van der Waals surface area contributed by atoms with Gasteiger partial charge >= 0.3 is 0 Å². The van der Waals surface area contributed by atoms with Crippen molar-refractivity contribution >= 4 is 23.9 Å². The molecule has 0 unspecified atom stereocenters. The summed E-state index contributed by atoms with van der Waals surface area (Å²) in [6, 6.07) is 28.2. The van der Waals surface area contributed by atoms with Crippen LogP contribution in [0.1, 0.15) is 5.56 Å². The van der Waals surface area contributed by atoms with E-state index in [1.165, 1.54) is 11.8 Å². The van der Waals surface area contributed by atoms with Crippen LogP contribution in [0.2, 0.25) is 0 Å². The van der Waals surface area contributed by atoms with Gasteiger partial charge in [0.1, 0.15) is 0 Å². The molecule has 4 rings (SSSR count). The lowest BCUT2D eigenvalue weighted by atomic mass is 10.1. The molecule has 1 N–H and O–H groups in total. The van der Waals surface area contributed by atoms with Crippen molar-refractivity contribution in [2.45, 2.75) is 5.03 Å². The minimum absolute atomic E-state index is 0.160. The maximum absolute atomic E-state index is 12.3. The van der Waals surface area contributed by atoms with Crippen molar-refractivity contribution in [3.8, 4) is 16.9 Å². The number of hydrogen-bond acceptors (Lipinski definition) is 4. The van der Waals surface area contributed by atoms with Gasteiger partial charge in [-0.25, -0.2) is 5.43 Å². The average molecular weight is 413 g/mol. The van der Waals surface area contributed by atoms with Crippen molar-refractivity contribution in [3.05, 3.63) is 103 Å². The van der Waals surface area contributed by atoms with E-state index in [-0.39, 0.29) is 11.7 Å². The molecule has 0 aliphatic heterocycles. The maximum atomic E-state index is 12.3. The van der Waals surface area contributed by atoms with Gasteiger partial charge in [0.25, 0.3) is 0 Å². The highest BCUT2D eigenvalue weighted by Gasteiger charge is 2.13. The fourth-order valence-corrected chi connectivity index (χ4v) is 3.85. The van der Waals surface area contributed by atoms with Gasteiger partial charge in [0.05, 0.1) is 22.7 Å². The van der Waals surface area contributed by atoms with Gasteiger partial charge in [-0.05, 0) is 47.5 Å². The highest BCUT2D eigenvalue weighted by atomic mass is 32.2. The third kappa shape index (κ3) is 4.85. The minimum Gasteiger partial charge on any atom is -0.304 e. The second kappa shape index (κ2) is 9.71. The molecule has 0 saturated carbocycles. The molecule has 6 heteroatoms. The van der Waals surface area contributed by atoms with Gasteiger partial charge in [0.15, 0.2) is 0 Å². The number of nitrogens with one attached hydrogen (secondary N) is 1. The quantitative estimate of drug-likeness (QED) is 0.270. The van der Waals surface area contributed by atoms with Gasteiger partial charge in [0, 0.05) is 18.1 Å². The van der Waals surface area contributed by atoms with Crippen LogP contribution in [-0.4, -0.2) is 27.4 Å². The van der Waals surface area contributed by atoms with Gasteiger partial charge in [-0.1, -0.05) is 60.3 Å². The normalized spacial score (nSPS) is 10.9. The molecule has 0 aliphatic rings. The topological polar surface area (TPSA) is 59.3 Å². The second-order valence-electron chi connectivity index (χ2n) is 6.46. The molecular formula is C24H20N4OS. The van der Waals surface area contributed by atoms with Gasteiger partial charge in [-0.15, -0.1) is 0 Å². The van der Waals surface area contributed by atoms with Crippen molar-refractivity contribution in [1.29, 1.82) is 0 Å². The molecule has 0 saturated heterocycles. The van der Waals surface area contributed by atoms with Crippen LogP contribution in [0.15, 0.2) is 107 Å². The van der Waals surface area contributed by atoms with E-state index < -0.39 is 0 Å². The SMILES string of the molecule is O=C(CSc1ccc(-c2ccccc2)n1-c1ccccc1)N/N=C/c1ccncc1. The van der Waals surface area contributed by atoms with E-state index in [4.69, 9.17) is 0 Å². The number of nitrogens with zero attached hydrogens (tertiary/aromatic N) is 3. The first kappa shape index (κ1) is 19.7. The molecule has 0 fully saturated rings. The number of para-hydroxylation sites is 1. The third-order valence-corrected chi connectivity index (χ3v) is 5.41. The lowest BCUT2D eigenvalue weighted by molar-refractivity contribution is -0.118. The summed E-state index contributed by atoms with van der Waals surface area (Å²) in [4.78, 5) is 16.2. The Bertz CT molecular complexity index is 1130. The van der Waals surface area contributed by atoms with Gasteiger partial charge in [0.2, 0.25) is 5.91 Å². The largest absolute Gasteiger partial charge is 0.304 e. The van der Waals surface area contributed by atoms with Crippen LogP contribution in [-0.2, 0) is 4.79 Å². The number of benzene rings is 2. The molecule has 2 aromatic carbocycles. The predicted octanol–water partition coefficient (Wildman–Crippen LogP) is 4.78. The van der Waals surface area contributed by atoms with E-state index in [2.05, 4.69) is 50.4 Å². The molecule has 0 spiro atoms. The predicted molar refractivity (Wildman–Crippen MR) is 122 cm³/mol. The first-order chi connectivity index (χ1) is 14.8. The zero-order valence-corrected chi connectivity index (χ0v) is 17.0. The van der Waals surface area contributed by atoms with Crippen LogP contribution < -0.4 is 5.43 Å². The highest BCUT2D eigenvalue weighted by molar-refractivity contribution is 7.99. The monoisotopic (exact) mass is 412 g/mol. The Morgan fingerprint density at radius 1 is 0.933 bits per heavy atom. The van der Waals surface area contributed by atoms with Crippen LogP contribution in [0, 0.1) is 0 Å². The van der Waals surface area contributed by atoms with E-state index in [0.29, 0.717) is 0 Å². The number of carbonyl (C=O) groups is 1. The first-order valence-corrected chi connectivity index (χ1v) is 10.5. The molecule has 0 aliphatic carbocycles. The molecule has 148 valence electrons. The van der Waals surface area contributed by atoms with Crippen LogP contribution in [0.25, 0.3) is 16.9 Å². The van der Waals surface area contributed by atoms with E-state index in [0.717, 1.165) is 27.5 Å². The molecule has 0 bridgehead atoms. The molecule has 30 heavy (non-hydrogen) atoms. The summed E-state index contributed by atoms with van der Waals surface area (Å²) in [7, 11) is 0. The van der Waals surface area contributed by atoms with Crippen molar-refractivity contribution in [2.24, 2.45) is 5.10 Å². The average Bonchev–Trinajstić information content (AvgIpc) is 3.23. The summed E-state index contributed by atoms with van der Waals surface area (Å²) in [6.07, 6.45) is 4.96. The fraction of sp³-hybridized carbons (Fsp3) is 0.0417. The van der Waals surface area contributed by atoms with Crippen molar-refractivity contribution in [1.82, 2.24) is 15.0 Å². The Kier molecular flexibility index (Phi) is 6.37. The van der Waals surface area contributed by atoms with Crippen molar-refractivity contribution in [2.75, 3.05) is 5.75 Å². The number of thioether (sulfide) groups is 1. The second-order valence-corrected chi connectivity index (χ2v) is 7.45. The summed E-state index contributed by atoms with van der Waals surface area (Å²) in [5, 5.41) is 5.01. The molecule has 1 amide bonds. The van der Waals surface area contributed by atoms with Gasteiger partial charge < -0.3 is 4.57 Å². The smallest absolute Gasteiger partial charge is 0.250 e. The lowest BCUT2D eigenvalue weighted by Crippen LogP contribution is -2.19. The number of hydrazone groups is 1. The maximum Gasteiger partial charge on any atom is 0.250 e. The number of amides is 1. The summed E-state index contributed by atoms with van der Waals surface area (Å²) in [5.74, 6) is 0.103. The summed E-state index contributed by atoms with van der Waals surface area (Å²) >= 11 is 1.48. The number of hydrogen-bond donors (Lipinski definition) is 1. The molecule has 2 heterocycles. The fourth-order valence-electron chi connectivity index (χ4n) is 3.01. The summed E-state index contributed by atoms with van der Waals surface area (Å²) < 4.78 is 2.17. The molecule has 2 aromatic heterocycles. The van der Waals surface area contributed by atoms with Crippen LogP contribution in [0.4, 0.5) is 0 Å². The Balaban J connectivity index is 1.49.